The Balaban J connectivity index is 1.48. The van der Waals surface area contributed by atoms with E-state index in [0.717, 1.165) is 30.2 Å². The maximum absolute atomic E-state index is 6.09. The van der Waals surface area contributed by atoms with Crippen LogP contribution in [0.25, 0.3) is 0 Å². The van der Waals surface area contributed by atoms with Crippen LogP contribution in [0.1, 0.15) is 24.5 Å². The van der Waals surface area contributed by atoms with Crippen LogP contribution in [0.5, 0.6) is 11.5 Å². The van der Waals surface area contributed by atoms with Crippen LogP contribution in [-0.2, 0) is 6.61 Å². The summed E-state index contributed by atoms with van der Waals surface area (Å²) in [5.74, 6) is 1.79. The van der Waals surface area contributed by atoms with E-state index in [1.165, 1.54) is 11.1 Å². The predicted octanol–water partition coefficient (Wildman–Crippen LogP) is 5.84. The summed E-state index contributed by atoms with van der Waals surface area (Å²) in [6, 6.07) is 26.4. The summed E-state index contributed by atoms with van der Waals surface area (Å²) < 4.78 is 11.9. The summed E-state index contributed by atoms with van der Waals surface area (Å²) in [5.41, 5.74) is 3.44. The molecule has 0 saturated heterocycles. The van der Waals surface area contributed by atoms with Crippen molar-refractivity contribution in [1.29, 1.82) is 0 Å². The Labute approximate surface area is 162 Å². The van der Waals surface area contributed by atoms with Crippen LogP contribution in [0.2, 0.25) is 0 Å². The summed E-state index contributed by atoms with van der Waals surface area (Å²) in [4.78, 5) is 0. The van der Waals surface area contributed by atoms with Crippen molar-refractivity contribution in [3.8, 4) is 11.5 Å². The second-order valence-corrected chi connectivity index (χ2v) is 6.64. The molecule has 0 aliphatic rings. The van der Waals surface area contributed by atoms with Crippen molar-refractivity contribution in [2.45, 2.75) is 33.0 Å². The molecule has 0 heterocycles. The summed E-state index contributed by atoms with van der Waals surface area (Å²) in [6.45, 7) is 5.56. The number of hydrogen-bond acceptors (Lipinski definition) is 3. The van der Waals surface area contributed by atoms with Crippen LogP contribution in [0.15, 0.2) is 78.9 Å². The van der Waals surface area contributed by atoms with Crippen molar-refractivity contribution in [3.63, 3.8) is 0 Å². The molecule has 140 valence electrons. The smallest absolute Gasteiger partial charge is 0.120 e. The van der Waals surface area contributed by atoms with E-state index in [0.29, 0.717) is 6.61 Å². The van der Waals surface area contributed by atoms with Crippen LogP contribution in [0, 0.1) is 6.92 Å². The lowest BCUT2D eigenvalue weighted by Crippen LogP contribution is -2.25. The minimum atomic E-state index is 0.126. The third kappa shape index (κ3) is 6.07. The molecule has 0 spiro atoms. The molecule has 1 unspecified atom stereocenters. The van der Waals surface area contributed by atoms with E-state index in [-0.39, 0.29) is 6.10 Å². The standard InChI is InChI=1S/C24H27NO2/c1-3-22(27-24-11-7-8-19(2)16-24)17-25-21-12-14-23(15-13-21)26-18-20-9-5-4-6-10-20/h4-16,22,25H,3,17-18H2,1-2H3. The van der Waals surface area contributed by atoms with Crippen LogP contribution in [-0.4, -0.2) is 12.6 Å². The van der Waals surface area contributed by atoms with Crippen molar-refractivity contribution in [3.05, 3.63) is 90.0 Å². The van der Waals surface area contributed by atoms with Crippen molar-refractivity contribution >= 4 is 5.69 Å². The van der Waals surface area contributed by atoms with E-state index in [4.69, 9.17) is 9.47 Å². The number of benzene rings is 3. The van der Waals surface area contributed by atoms with Crippen molar-refractivity contribution in [2.24, 2.45) is 0 Å². The SMILES string of the molecule is CCC(CNc1ccc(OCc2ccccc2)cc1)Oc1cccc(C)c1. The molecule has 3 nitrogen and oxygen atoms in total. The van der Waals surface area contributed by atoms with Gasteiger partial charge in [0, 0.05) is 5.69 Å². The minimum absolute atomic E-state index is 0.126. The Kier molecular flexibility index (Phi) is 6.75. The Morgan fingerprint density at radius 3 is 2.33 bits per heavy atom. The molecular formula is C24H27NO2. The molecule has 27 heavy (non-hydrogen) atoms. The number of anilines is 1. The quantitative estimate of drug-likeness (QED) is 0.519. The van der Waals surface area contributed by atoms with Crippen molar-refractivity contribution in [1.82, 2.24) is 0 Å². The van der Waals surface area contributed by atoms with E-state index in [1.54, 1.807) is 0 Å². The molecule has 0 amide bonds. The Bertz CT molecular complexity index is 815. The molecule has 0 aromatic heterocycles. The highest BCUT2D eigenvalue weighted by molar-refractivity contribution is 5.46. The first-order valence-corrected chi connectivity index (χ1v) is 9.47. The third-order valence-corrected chi connectivity index (χ3v) is 4.38. The highest BCUT2D eigenvalue weighted by Crippen LogP contribution is 2.19. The van der Waals surface area contributed by atoms with Gasteiger partial charge in [-0.25, -0.2) is 0 Å². The molecule has 0 aliphatic heterocycles. The molecule has 3 heteroatoms. The highest BCUT2D eigenvalue weighted by Gasteiger charge is 2.08. The molecule has 1 atom stereocenters. The van der Waals surface area contributed by atoms with E-state index in [1.807, 2.05) is 54.6 Å². The van der Waals surface area contributed by atoms with Crippen LogP contribution >= 0.6 is 0 Å². The largest absolute Gasteiger partial charge is 0.489 e. The van der Waals surface area contributed by atoms with Gasteiger partial charge >= 0.3 is 0 Å². The van der Waals surface area contributed by atoms with Crippen LogP contribution < -0.4 is 14.8 Å². The molecule has 3 aromatic carbocycles. The van der Waals surface area contributed by atoms with E-state index >= 15 is 0 Å². The third-order valence-electron chi connectivity index (χ3n) is 4.38. The normalized spacial score (nSPS) is 11.6. The lowest BCUT2D eigenvalue weighted by atomic mass is 10.2. The second kappa shape index (κ2) is 9.67. The van der Waals surface area contributed by atoms with E-state index in [2.05, 4.69) is 43.4 Å². The average molecular weight is 361 g/mol. The van der Waals surface area contributed by atoms with Gasteiger partial charge in [-0.2, -0.15) is 0 Å². The number of aryl methyl sites for hydroxylation is 1. The Hall–Kier alpha value is -2.94. The predicted molar refractivity (Wildman–Crippen MR) is 112 cm³/mol. The zero-order valence-electron chi connectivity index (χ0n) is 16.0. The van der Waals surface area contributed by atoms with Crippen molar-refractivity contribution in [2.75, 3.05) is 11.9 Å². The Morgan fingerprint density at radius 2 is 1.63 bits per heavy atom. The first-order chi connectivity index (χ1) is 13.2. The number of rotatable bonds is 9. The minimum Gasteiger partial charge on any atom is -0.489 e. The average Bonchev–Trinajstić information content (AvgIpc) is 2.71. The zero-order chi connectivity index (χ0) is 18.9. The van der Waals surface area contributed by atoms with Crippen molar-refractivity contribution < 1.29 is 9.47 Å². The van der Waals surface area contributed by atoms with E-state index < -0.39 is 0 Å². The number of nitrogens with one attached hydrogen (secondary N) is 1. The summed E-state index contributed by atoms with van der Waals surface area (Å²) in [6.07, 6.45) is 1.07. The topological polar surface area (TPSA) is 30.5 Å². The molecular weight excluding hydrogens is 334 g/mol. The van der Waals surface area contributed by atoms with Crippen LogP contribution in [0.4, 0.5) is 5.69 Å². The number of ether oxygens (including phenoxy) is 2. The zero-order valence-corrected chi connectivity index (χ0v) is 16.0. The van der Waals surface area contributed by atoms with Gasteiger partial charge < -0.3 is 14.8 Å². The van der Waals surface area contributed by atoms with Gasteiger partial charge in [-0.3, -0.25) is 0 Å². The fraction of sp³-hybridized carbons (Fsp3) is 0.250. The van der Waals surface area contributed by atoms with Gasteiger partial charge in [0.05, 0.1) is 6.54 Å². The highest BCUT2D eigenvalue weighted by atomic mass is 16.5. The van der Waals surface area contributed by atoms with Gasteiger partial charge in [-0.1, -0.05) is 49.4 Å². The molecule has 0 bridgehead atoms. The molecule has 3 rings (SSSR count). The van der Waals surface area contributed by atoms with Gasteiger partial charge in [0.25, 0.3) is 0 Å². The summed E-state index contributed by atoms with van der Waals surface area (Å²) in [5, 5.41) is 3.45. The Morgan fingerprint density at radius 1 is 0.852 bits per heavy atom. The maximum atomic E-state index is 6.09. The lowest BCUT2D eigenvalue weighted by molar-refractivity contribution is 0.210. The molecule has 0 fully saturated rings. The fourth-order valence-corrected chi connectivity index (χ4v) is 2.79. The molecule has 0 radical (unpaired) electrons. The second-order valence-electron chi connectivity index (χ2n) is 6.64. The van der Waals surface area contributed by atoms with Gasteiger partial charge in [-0.15, -0.1) is 0 Å². The fourth-order valence-electron chi connectivity index (χ4n) is 2.79. The first kappa shape index (κ1) is 18.8. The lowest BCUT2D eigenvalue weighted by Gasteiger charge is -2.19. The molecule has 0 saturated carbocycles. The summed E-state index contributed by atoms with van der Waals surface area (Å²) in [7, 11) is 0. The summed E-state index contributed by atoms with van der Waals surface area (Å²) >= 11 is 0. The maximum Gasteiger partial charge on any atom is 0.120 e. The molecule has 1 N–H and O–H groups in total. The van der Waals surface area contributed by atoms with Gasteiger partial charge in [0.1, 0.15) is 24.2 Å². The molecule has 0 aliphatic carbocycles. The monoisotopic (exact) mass is 361 g/mol. The van der Waals surface area contributed by atoms with Gasteiger partial charge in [0.15, 0.2) is 0 Å². The first-order valence-electron chi connectivity index (χ1n) is 9.47. The van der Waals surface area contributed by atoms with Gasteiger partial charge in [0.2, 0.25) is 0 Å². The number of hydrogen-bond donors (Lipinski definition) is 1. The van der Waals surface area contributed by atoms with Crippen LogP contribution in [0.3, 0.4) is 0 Å². The van der Waals surface area contributed by atoms with E-state index in [9.17, 15) is 0 Å². The molecule has 3 aromatic rings. The van der Waals surface area contributed by atoms with Gasteiger partial charge in [-0.05, 0) is 60.9 Å².